The number of thioether (sulfide) groups is 1. The number of amides is 1. The smallest absolute Gasteiger partial charge is 0.413 e. The molecule has 3 aromatic heterocycles. The zero-order valence-electron chi connectivity index (χ0n) is 20.5. The van der Waals surface area contributed by atoms with Crippen molar-refractivity contribution in [3.05, 3.63) is 66.6 Å². The number of nitriles is 1. The van der Waals surface area contributed by atoms with Crippen molar-refractivity contribution in [3.8, 4) is 27.8 Å². The Morgan fingerprint density at radius 3 is 2.87 bits per heavy atom. The van der Waals surface area contributed by atoms with Gasteiger partial charge in [0.25, 0.3) is 0 Å². The molecule has 4 aromatic rings. The van der Waals surface area contributed by atoms with Crippen LogP contribution < -0.4 is 10.6 Å². The summed E-state index contributed by atoms with van der Waals surface area (Å²) < 4.78 is 11.7. The molecule has 1 aromatic carbocycles. The predicted molar refractivity (Wildman–Crippen MR) is 148 cm³/mol. The third-order valence-corrected chi connectivity index (χ3v) is 8.08. The van der Waals surface area contributed by atoms with Crippen LogP contribution in [0.15, 0.2) is 65.3 Å². The molecule has 1 aliphatic heterocycles. The van der Waals surface area contributed by atoms with Gasteiger partial charge in [0, 0.05) is 47.5 Å². The van der Waals surface area contributed by atoms with E-state index >= 15 is 0 Å². The Bertz CT molecular complexity index is 1470. The molecule has 38 heavy (non-hydrogen) atoms. The van der Waals surface area contributed by atoms with Crippen molar-refractivity contribution >= 4 is 46.5 Å². The number of rotatable bonds is 7. The Morgan fingerprint density at radius 2 is 2.11 bits per heavy atom. The normalized spacial score (nSPS) is 14.9. The van der Waals surface area contributed by atoms with E-state index in [4.69, 9.17) is 14.5 Å². The first kappa shape index (κ1) is 25.7. The molecule has 1 saturated heterocycles. The van der Waals surface area contributed by atoms with E-state index in [1.54, 1.807) is 30.7 Å². The molecule has 1 unspecified atom stereocenters. The number of nitrogens with zero attached hydrogens (tertiary/aromatic N) is 4. The summed E-state index contributed by atoms with van der Waals surface area (Å²) in [5.74, 6) is 0.382. The molecule has 0 radical (unpaired) electrons. The highest BCUT2D eigenvalue weighted by molar-refractivity contribution is 8.00. The van der Waals surface area contributed by atoms with Crippen LogP contribution in [0.2, 0.25) is 0 Å². The number of hydrogen-bond acceptors (Lipinski definition) is 10. The number of aromatic nitrogens is 3. The summed E-state index contributed by atoms with van der Waals surface area (Å²) in [5.41, 5.74) is 4.22. The fourth-order valence-corrected chi connectivity index (χ4v) is 5.95. The lowest BCUT2D eigenvalue weighted by atomic mass is 10.0. The molecule has 5 rings (SSSR count). The van der Waals surface area contributed by atoms with E-state index < -0.39 is 12.4 Å². The van der Waals surface area contributed by atoms with Gasteiger partial charge < -0.3 is 14.8 Å². The maximum absolute atomic E-state index is 12.3. The van der Waals surface area contributed by atoms with Crippen molar-refractivity contribution in [3.63, 3.8) is 0 Å². The minimum Gasteiger partial charge on any atom is -0.419 e. The molecule has 0 aliphatic carbocycles. The third-order valence-electron chi connectivity index (χ3n) is 5.75. The lowest BCUT2D eigenvalue weighted by Crippen LogP contribution is -2.27. The van der Waals surface area contributed by atoms with Gasteiger partial charge in [-0.25, -0.2) is 14.8 Å². The van der Waals surface area contributed by atoms with Gasteiger partial charge in [-0.3, -0.25) is 10.3 Å². The van der Waals surface area contributed by atoms with Crippen LogP contribution in [0.3, 0.4) is 0 Å². The summed E-state index contributed by atoms with van der Waals surface area (Å²) in [6.45, 7) is 0.599. The lowest BCUT2D eigenvalue weighted by molar-refractivity contribution is -0.123. The molecule has 1 atom stereocenters. The number of pyridine rings is 1. The van der Waals surface area contributed by atoms with Crippen LogP contribution in [0.1, 0.15) is 24.8 Å². The molecular formula is C27H24N6O3S2. The lowest BCUT2D eigenvalue weighted by Gasteiger charge is -2.22. The largest absolute Gasteiger partial charge is 0.419 e. The van der Waals surface area contributed by atoms with Gasteiger partial charge in [-0.2, -0.15) is 5.26 Å². The summed E-state index contributed by atoms with van der Waals surface area (Å²) in [7, 11) is 0. The van der Waals surface area contributed by atoms with Gasteiger partial charge in [-0.1, -0.05) is 12.1 Å². The first-order valence-corrected chi connectivity index (χ1v) is 14.0. The maximum Gasteiger partial charge on any atom is 0.413 e. The van der Waals surface area contributed by atoms with Crippen molar-refractivity contribution in [1.82, 2.24) is 15.0 Å². The SMILES string of the molecule is CSc1sc(-c2ccnc(Nc3cccc(NC(=O)OC4CCCCO4)c3)n2)c(-c2cccnc2)c1C#N. The van der Waals surface area contributed by atoms with Crippen LogP contribution in [0.5, 0.6) is 0 Å². The second kappa shape index (κ2) is 12.0. The molecule has 1 aliphatic rings. The molecule has 9 nitrogen and oxygen atoms in total. The number of nitrogens with one attached hydrogen (secondary N) is 2. The fourth-order valence-electron chi connectivity index (χ4n) is 4.04. The molecule has 1 fully saturated rings. The average Bonchev–Trinajstić information content (AvgIpc) is 3.33. The van der Waals surface area contributed by atoms with Crippen LogP contribution in [-0.4, -0.2) is 40.2 Å². The molecule has 1 amide bonds. The van der Waals surface area contributed by atoms with E-state index in [1.165, 1.54) is 23.1 Å². The number of carbonyl (C=O) groups is 1. The van der Waals surface area contributed by atoms with E-state index in [1.807, 2.05) is 36.6 Å². The average molecular weight is 545 g/mol. The number of carbonyl (C=O) groups excluding carboxylic acids is 1. The standard InChI is InChI=1S/C27H24N6O3S2/c1-37-25-20(15-28)23(17-6-5-11-29-16-17)24(38-25)21-10-12-30-26(33-21)31-18-7-4-8-19(14-18)32-27(34)36-22-9-2-3-13-35-22/h4-8,10-12,14,16,22H,2-3,9,13H2,1H3,(H,32,34)(H,30,31,33). The Hall–Kier alpha value is -3.98. The Balaban J connectivity index is 1.37. The van der Waals surface area contributed by atoms with Crippen molar-refractivity contribution in [2.24, 2.45) is 0 Å². The van der Waals surface area contributed by atoms with E-state index in [2.05, 4.69) is 26.7 Å². The monoisotopic (exact) mass is 544 g/mol. The van der Waals surface area contributed by atoms with Crippen LogP contribution in [0.25, 0.3) is 21.7 Å². The first-order chi connectivity index (χ1) is 18.6. The summed E-state index contributed by atoms with van der Waals surface area (Å²) >= 11 is 3.05. The highest BCUT2D eigenvalue weighted by Gasteiger charge is 2.22. The second-order valence-corrected chi connectivity index (χ2v) is 10.4. The summed E-state index contributed by atoms with van der Waals surface area (Å²) in [6, 6.07) is 15.2. The number of benzene rings is 1. The molecule has 4 heterocycles. The van der Waals surface area contributed by atoms with Gasteiger partial charge in [0.05, 0.1) is 27.0 Å². The molecule has 192 valence electrons. The summed E-state index contributed by atoms with van der Waals surface area (Å²) in [4.78, 5) is 26.5. The van der Waals surface area contributed by atoms with Crippen molar-refractivity contribution in [1.29, 1.82) is 5.26 Å². The van der Waals surface area contributed by atoms with Gasteiger partial charge >= 0.3 is 6.09 Å². The molecule has 0 bridgehead atoms. The fraction of sp³-hybridized carbons (Fsp3) is 0.222. The van der Waals surface area contributed by atoms with Crippen LogP contribution in [0.4, 0.5) is 22.1 Å². The zero-order valence-corrected chi connectivity index (χ0v) is 22.1. The minimum atomic E-state index is -0.564. The number of ether oxygens (including phenoxy) is 2. The third kappa shape index (κ3) is 5.94. The Morgan fingerprint density at radius 1 is 1.21 bits per heavy atom. The van der Waals surface area contributed by atoms with Gasteiger partial charge in [0.2, 0.25) is 12.2 Å². The highest BCUT2D eigenvalue weighted by atomic mass is 32.2. The van der Waals surface area contributed by atoms with Crippen LogP contribution in [-0.2, 0) is 9.47 Å². The first-order valence-electron chi connectivity index (χ1n) is 12.0. The van der Waals surface area contributed by atoms with E-state index in [9.17, 15) is 10.1 Å². The Labute approximate surface area is 228 Å². The molecule has 0 spiro atoms. The maximum atomic E-state index is 12.3. The second-order valence-electron chi connectivity index (χ2n) is 8.32. The number of hydrogen-bond donors (Lipinski definition) is 2. The van der Waals surface area contributed by atoms with Gasteiger partial charge in [0.1, 0.15) is 6.07 Å². The molecule has 11 heteroatoms. The summed E-state index contributed by atoms with van der Waals surface area (Å²) in [6.07, 6.45) is 8.66. The topological polar surface area (TPSA) is 122 Å². The van der Waals surface area contributed by atoms with Crippen molar-refractivity contribution < 1.29 is 14.3 Å². The van der Waals surface area contributed by atoms with Crippen LogP contribution in [0, 0.1) is 11.3 Å². The summed E-state index contributed by atoms with van der Waals surface area (Å²) in [5, 5.41) is 15.9. The van der Waals surface area contributed by atoms with E-state index in [-0.39, 0.29) is 0 Å². The zero-order chi connectivity index (χ0) is 26.3. The van der Waals surface area contributed by atoms with Gasteiger partial charge in [-0.05, 0) is 49.4 Å². The number of anilines is 3. The quantitative estimate of drug-likeness (QED) is 0.245. The number of thiophene rings is 1. The molecule has 2 N–H and O–H groups in total. The van der Waals surface area contributed by atoms with Crippen molar-refractivity contribution in [2.75, 3.05) is 23.5 Å². The van der Waals surface area contributed by atoms with Gasteiger partial charge in [-0.15, -0.1) is 23.1 Å². The van der Waals surface area contributed by atoms with Gasteiger partial charge in [0.15, 0.2) is 0 Å². The highest BCUT2D eigenvalue weighted by Crippen LogP contribution is 2.45. The molecular weight excluding hydrogens is 520 g/mol. The van der Waals surface area contributed by atoms with E-state index in [0.717, 1.165) is 33.1 Å². The van der Waals surface area contributed by atoms with Crippen LogP contribution >= 0.6 is 23.1 Å². The predicted octanol–water partition coefficient (Wildman–Crippen LogP) is 6.68. The van der Waals surface area contributed by atoms with Crippen molar-refractivity contribution in [2.45, 2.75) is 29.8 Å². The minimum absolute atomic E-state index is 0.382. The molecule has 0 saturated carbocycles. The Kier molecular flexibility index (Phi) is 8.13. The van der Waals surface area contributed by atoms with E-state index in [0.29, 0.717) is 41.6 Å².